The third kappa shape index (κ3) is 3.45. The van der Waals surface area contributed by atoms with Gasteiger partial charge in [0, 0.05) is 18.3 Å². The maximum atomic E-state index is 12.1. The lowest BCUT2D eigenvalue weighted by atomic mass is 10.0. The van der Waals surface area contributed by atoms with Gasteiger partial charge in [-0.3, -0.25) is 4.79 Å². The Morgan fingerprint density at radius 2 is 1.73 bits per heavy atom. The smallest absolute Gasteiger partial charge is 0.204 e. The van der Waals surface area contributed by atoms with Crippen molar-refractivity contribution in [1.82, 2.24) is 15.1 Å². The molecular weight excluding hydrogens is 274 g/mol. The standard InChI is InChI=1S/C18H25N3O/c1-6-7-19-11-16-17(22)10-15(5)21(20-16)18-13(3)8-12(2)9-14(18)4/h8-10,19H,6-7,11H2,1-5H3. The van der Waals surface area contributed by atoms with E-state index in [0.29, 0.717) is 12.2 Å². The Morgan fingerprint density at radius 1 is 1.09 bits per heavy atom. The number of rotatable bonds is 5. The molecule has 2 aromatic rings. The lowest BCUT2D eigenvalue weighted by Gasteiger charge is -2.17. The number of nitrogens with zero attached hydrogens (tertiary/aromatic N) is 2. The van der Waals surface area contributed by atoms with Crippen LogP contribution in [0.2, 0.25) is 0 Å². The number of hydrogen-bond donors (Lipinski definition) is 1. The summed E-state index contributed by atoms with van der Waals surface area (Å²) in [7, 11) is 0. The summed E-state index contributed by atoms with van der Waals surface area (Å²) in [4.78, 5) is 12.1. The lowest BCUT2D eigenvalue weighted by Crippen LogP contribution is -2.25. The summed E-state index contributed by atoms with van der Waals surface area (Å²) in [5.41, 5.74) is 6.08. The Morgan fingerprint density at radius 3 is 2.32 bits per heavy atom. The highest BCUT2D eigenvalue weighted by molar-refractivity contribution is 5.49. The molecule has 0 saturated heterocycles. The van der Waals surface area contributed by atoms with E-state index in [9.17, 15) is 4.79 Å². The maximum Gasteiger partial charge on any atom is 0.204 e. The Bertz CT molecular complexity index is 709. The molecule has 1 aromatic carbocycles. The second kappa shape index (κ2) is 6.88. The van der Waals surface area contributed by atoms with Gasteiger partial charge in [-0.2, -0.15) is 5.10 Å². The van der Waals surface area contributed by atoms with Gasteiger partial charge >= 0.3 is 0 Å². The lowest BCUT2D eigenvalue weighted by molar-refractivity contribution is 0.635. The van der Waals surface area contributed by atoms with Gasteiger partial charge in [-0.25, -0.2) is 4.68 Å². The molecule has 0 bridgehead atoms. The third-order valence-corrected chi connectivity index (χ3v) is 3.75. The fourth-order valence-corrected chi connectivity index (χ4v) is 2.82. The number of aryl methyl sites for hydroxylation is 4. The van der Waals surface area contributed by atoms with E-state index >= 15 is 0 Å². The third-order valence-electron chi connectivity index (χ3n) is 3.75. The molecule has 0 radical (unpaired) electrons. The topological polar surface area (TPSA) is 46.9 Å². The molecular formula is C18H25N3O. The summed E-state index contributed by atoms with van der Waals surface area (Å²) >= 11 is 0. The van der Waals surface area contributed by atoms with E-state index in [2.05, 4.69) is 50.2 Å². The summed E-state index contributed by atoms with van der Waals surface area (Å²) < 4.78 is 1.90. The first-order valence-electron chi connectivity index (χ1n) is 7.82. The van der Waals surface area contributed by atoms with Crippen LogP contribution in [0.25, 0.3) is 5.69 Å². The predicted octanol–water partition coefficient (Wildman–Crippen LogP) is 2.97. The van der Waals surface area contributed by atoms with E-state index in [-0.39, 0.29) is 5.43 Å². The van der Waals surface area contributed by atoms with Crippen molar-refractivity contribution in [3.63, 3.8) is 0 Å². The summed E-state index contributed by atoms with van der Waals surface area (Å²) in [5, 5.41) is 7.86. The average Bonchev–Trinajstić information content (AvgIpc) is 2.42. The highest BCUT2D eigenvalue weighted by Gasteiger charge is 2.11. The van der Waals surface area contributed by atoms with E-state index in [0.717, 1.165) is 24.3 Å². The van der Waals surface area contributed by atoms with E-state index in [4.69, 9.17) is 0 Å². The molecule has 0 aliphatic heterocycles. The van der Waals surface area contributed by atoms with Crippen molar-refractivity contribution < 1.29 is 0 Å². The monoisotopic (exact) mass is 299 g/mol. The second-order valence-corrected chi connectivity index (χ2v) is 5.93. The van der Waals surface area contributed by atoms with Gasteiger partial charge in [0.25, 0.3) is 0 Å². The maximum absolute atomic E-state index is 12.1. The zero-order chi connectivity index (χ0) is 16.3. The summed E-state index contributed by atoms with van der Waals surface area (Å²) in [6.07, 6.45) is 1.04. The van der Waals surface area contributed by atoms with Crippen molar-refractivity contribution >= 4 is 0 Å². The van der Waals surface area contributed by atoms with Crippen LogP contribution in [0.3, 0.4) is 0 Å². The molecule has 0 aliphatic rings. The van der Waals surface area contributed by atoms with Gasteiger partial charge in [-0.15, -0.1) is 0 Å². The minimum Gasteiger partial charge on any atom is -0.311 e. The first kappa shape index (κ1) is 16.4. The van der Waals surface area contributed by atoms with Crippen LogP contribution in [0.15, 0.2) is 23.0 Å². The number of hydrogen-bond acceptors (Lipinski definition) is 3. The largest absolute Gasteiger partial charge is 0.311 e. The van der Waals surface area contributed by atoms with E-state index in [1.165, 1.54) is 16.7 Å². The molecule has 4 nitrogen and oxygen atoms in total. The highest BCUT2D eigenvalue weighted by atomic mass is 16.1. The number of nitrogens with one attached hydrogen (secondary N) is 1. The van der Waals surface area contributed by atoms with Crippen LogP contribution in [-0.4, -0.2) is 16.3 Å². The molecule has 2 rings (SSSR count). The number of benzene rings is 1. The van der Waals surface area contributed by atoms with Crippen LogP contribution in [-0.2, 0) is 6.54 Å². The SMILES string of the molecule is CCCNCc1nn(-c2c(C)cc(C)cc2C)c(C)cc1=O. The summed E-state index contributed by atoms with van der Waals surface area (Å²) in [5.74, 6) is 0. The van der Waals surface area contributed by atoms with E-state index in [1.54, 1.807) is 6.07 Å². The summed E-state index contributed by atoms with van der Waals surface area (Å²) in [6, 6.07) is 5.97. The molecule has 118 valence electrons. The average molecular weight is 299 g/mol. The predicted molar refractivity (Wildman–Crippen MR) is 90.8 cm³/mol. The van der Waals surface area contributed by atoms with Crippen molar-refractivity contribution in [3.05, 3.63) is 56.5 Å². The molecule has 1 N–H and O–H groups in total. The molecule has 4 heteroatoms. The van der Waals surface area contributed by atoms with Gasteiger partial charge in [0.1, 0.15) is 5.69 Å². The number of aromatic nitrogens is 2. The van der Waals surface area contributed by atoms with Crippen molar-refractivity contribution in [2.24, 2.45) is 0 Å². The first-order chi connectivity index (χ1) is 10.4. The molecule has 0 amide bonds. The van der Waals surface area contributed by atoms with Crippen LogP contribution in [0, 0.1) is 27.7 Å². The van der Waals surface area contributed by atoms with Gasteiger partial charge in [0.2, 0.25) is 5.43 Å². The van der Waals surface area contributed by atoms with E-state index < -0.39 is 0 Å². The van der Waals surface area contributed by atoms with Crippen LogP contribution in [0.5, 0.6) is 0 Å². The molecule has 0 saturated carbocycles. The molecule has 22 heavy (non-hydrogen) atoms. The Labute approximate surface area is 132 Å². The first-order valence-corrected chi connectivity index (χ1v) is 7.82. The molecule has 0 atom stereocenters. The summed E-state index contributed by atoms with van der Waals surface area (Å²) in [6.45, 7) is 11.7. The minimum atomic E-state index is -0.000212. The second-order valence-electron chi connectivity index (χ2n) is 5.93. The molecule has 0 fully saturated rings. The van der Waals surface area contributed by atoms with Gasteiger partial charge in [0.05, 0.1) is 5.69 Å². The van der Waals surface area contributed by atoms with Crippen LogP contribution in [0.1, 0.15) is 41.4 Å². The van der Waals surface area contributed by atoms with Gasteiger partial charge in [0.15, 0.2) is 0 Å². The van der Waals surface area contributed by atoms with E-state index in [1.807, 2.05) is 11.6 Å². The van der Waals surface area contributed by atoms with Crippen molar-refractivity contribution in [2.45, 2.75) is 47.6 Å². The molecule has 1 heterocycles. The zero-order valence-corrected chi connectivity index (χ0v) is 14.2. The molecule has 0 unspecified atom stereocenters. The van der Waals surface area contributed by atoms with Crippen LogP contribution in [0.4, 0.5) is 0 Å². The van der Waals surface area contributed by atoms with Gasteiger partial charge in [-0.1, -0.05) is 24.6 Å². The molecule has 0 aliphatic carbocycles. The Hall–Kier alpha value is -1.94. The van der Waals surface area contributed by atoms with Crippen LogP contribution >= 0.6 is 0 Å². The highest BCUT2D eigenvalue weighted by Crippen LogP contribution is 2.21. The fraction of sp³-hybridized carbons (Fsp3) is 0.444. The molecule has 0 spiro atoms. The van der Waals surface area contributed by atoms with Gasteiger partial charge < -0.3 is 5.32 Å². The fourth-order valence-electron chi connectivity index (χ4n) is 2.82. The van der Waals surface area contributed by atoms with Crippen molar-refractivity contribution in [2.75, 3.05) is 6.54 Å². The normalized spacial score (nSPS) is 11.0. The van der Waals surface area contributed by atoms with Crippen molar-refractivity contribution in [1.29, 1.82) is 0 Å². The minimum absolute atomic E-state index is 0.000212. The molecule has 1 aromatic heterocycles. The Balaban J connectivity index is 2.52. The zero-order valence-electron chi connectivity index (χ0n) is 14.2. The Kier molecular flexibility index (Phi) is 5.14. The quantitative estimate of drug-likeness (QED) is 0.863. The van der Waals surface area contributed by atoms with Crippen LogP contribution < -0.4 is 10.7 Å². The van der Waals surface area contributed by atoms with Crippen molar-refractivity contribution in [3.8, 4) is 5.69 Å². The van der Waals surface area contributed by atoms with Gasteiger partial charge in [-0.05, 0) is 51.8 Å².